The lowest BCUT2D eigenvalue weighted by atomic mass is 9.85. The van der Waals surface area contributed by atoms with Crippen LogP contribution in [0.4, 0.5) is 10.1 Å². The topological polar surface area (TPSA) is 46.3 Å². The molecule has 2 N–H and O–H groups in total. The SMILES string of the molecule is CC1CCCCC1N(C)C(=O)c1cc(N)ccc1F. The lowest BCUT2D eigenvalue weighted by Gasteiger charge is -2.36. The van der Waals surface area contributed by atoms with E-state index < -0.39 is 5.82 Å². The summed E-state index contributed by atoms with van der Waals surface area (Å²) in [5.74, 6) is -0.315. The number of hydrogen-bond acceptors (Lipinski definition) is 2. The number of halogens is 1. The number of nitrogens with zero attached hydrogens (tertiary/aromatic N) is 1. The summed E-state index contributed by atoms with van der Waals surface area (Å²) < 4.78 is 13.7. The average Bonchev–Trinajstić information content (AvgIpc) is 2.40. The Morgan fingerprint density at radius 1 is 1.37 bits per heavy atom. The predicted octanol–water partition coefficient (Wildman–Crippen LogP) is 3.06. The Morgan fingerprint density at radius 2 is 2.05 bits per heavy atom. The third kappa shape index (κ3) is 2.88. The second-order valence-electron chi connectivity index (χ2n) is 5.48. The van der Waals surface area contributed by atoms with Crippen LogP contribution < -0.4 is 5.73 Å². The minimum absolute atomic E-state index is 0.0697. The van der Waals surface area contributed by atoms with Gasteiger partial charge in [0.1, 0.15) is 5.82 Å². The molecule has 0 aromatic heterocycles. The third-order valence-corrected chi connectivity index (χ3v) is 4.10. The molecule has 1 saturated carbocycles. The van der Waals surface area contributed by atoms with Gasteiger partial charge in [0.05, 0.1) is 5.56 Å². The summed E-state index contributed by atoms with van der Waals surface area (Å²) in [5.41, 5.74) is 6.12. The predicted molar refractivity (Wildman–Crippen MR) is 74.3 cm³/mol. The Labute approximate surface area is 113 Å². The average molecular weight is 264 g/mol. The quantitative estimate of drug-likeness (QED) is 0.834. The molecule has 1 aliphatic carbocycles. The summed E-state index contributed by atoms with van der Waals surface area (Å²) in [5, 5.41) is 0. The number of rotatable bonds is 2. The van der Waals surface area contributed by atoms with E-state index in [0.29, 0.717) is 11.6 Å². The highest BCUT2D eigenvalue weighted by molar-refractivity contribution is 5.95. The van der Waals surface area contributed by atoms with Gasteiger partial charge in [0.15, 0.2) is 0 Å². The molecule has 1 aliphatic rings. The van der Waals surface area contributed by atoms with Gasteiger partial charge in [-0.05, 0) is 37.0 Å². The molecule has 2 atom stereocenters. The highest BCUT2D eigenvalue weighted by Crippen LogP contribution is 2.28. The van der Waals surface area contributed by atoms with Crippen LogP contribution in [0.2, 0.25) is 0 Å². The molecular weight excluding hydrogens is 243 g/mol. The highest BCUT2D eigenvalue weighted by atomic mass is 19.1. The second kappa shape index (κ2) is 5.59. The Bertz CT molecular complexity index is 475. The molecule has 2 unspecified atom stereocenters. The van der Waals surface area contributed by atoms with E-state index in [9.17, 15) is 9.18 Å². The zero-order valence-electron chi connectivity index (χ0n) is 11.5. The van der Waals surface area contributed by atoms with Crippen molar-refractivity contribution in [3.8, 4) is 0 Å². The zero-order valence-corrected chi connectivity index (χ0v) is 11.5. The van der Waals surface area contributed by atoms with Crippen molar-refractivity contribution in [2.75, 3.05) is 12.8 Å². The zero-order chi connectivity index (χ0) is 14.0. The summed E-state index contributed by atoms with van der Waals surface area (Å²) in [7, 11) is 1.76. The first kappa shape index (κ1) is 13.8. The van der Waals surface area contributed by atoms with Gasteiger partial charge in [-0.3, -0.25) is 4.79 Å². The first-order chi connectivity index (χ1) is 9.00. The van der Waals surface area contributed by atoms with E-state index in [1.807, 2.05) is 0 Å². The second-order valence-corrected chi connectivity index (χ2v) is 5.48. The molecule has 1 aromatic rings. The number of carbonyl (C=O) groups is 1. The number of carbonyl (C=O) groups excluding carboxylic acids is 1. The smallest absolute Gasteiger partial charge is 0.256 e. The minimum atomic E-state index is -0.505. The molecule has 0 bridgehead atoms. The number of hydrogen-bond donors (Lipinski definition) is 1. The molecule has 2 rings (SSSR count). The maximum atomic E-state index is 13.7. The maximum Gasteiger partial charge on any atom is 0.256 e. The number of nitrogen functional groups attached to an aromatic ring is 1. The van der Waals surface area contributed by atoms with Crippen LogP contribution in [0.25, 0.3) is 0 Å². The molecule has 0 radical (unpaired) electrons. The largest absolute Gasteiger partial charge is 0.399 e. The first-order valence-corrected chi connectivity index (χ1v) is 6.83. The van der Waals surface area contributed by atoms with E-state index in [1.54, 1.807) is 11.9 Å². The standard InChI is InChI=1S/C15H21FN2O/c1-10-5-3-4-6-14(10)18(2)15(19)12-9-11(17)7-8-13(12)16/h7-10,14H,3-6,17H2,1-2H3. The highest BCUT2D eigenvalue weighted by Gasteiger charge is 2.29. The molecule has 1 amide bonds. The van der Waals surface area contributed by atoms with Gasteiger partial charge in [0.2, 0.25) is 0 Å². The van der Waals surface area contributed by atoms with Crippen LogP contribution in [0, 0.1) is 11.7 Å². The van der Waals surface area contributed by atoms with E-state index in [0.717, 1.165) is 19.3 Å². The number of benzene rings is 1. The van der Waals surface area contributed by atoms with Crippen molar-refractivity contribution in [2.45, 2.75) is 38.6 Å². The molecule has 1 fully saturated rings. The van der Waals surface area contributed by atoms with E-state index in [2.05, 4.69) is 6.92 Å². The van der Waals surface area contributed by atoms with E-state index in [4.69, 9.17) is 5.73 Å². The molecule has 104 valence electrons. The van der Waals surface area contributed by atoms with Gasteiger partial charge in [-0.1, -0.05) is 19.8 Å². The van der Waals surface area contributed by atoms with Crippen molar-refractivity contribution >= 4 is 11.6 Å². The molecule has 19 heavy (non-hydrogen) atoms. The van der Waals surface area contributed by atoms with Crippen LogP contribution in [0.1, 0.15) is 43.0 Å². The lowest BCUT2D eigenvalue weighted by molar-refractivity contribution is 0.0624. The molecule has 0 heterocycles. The molecule has 4 heteroatoms. The summed E-state index contributed by atoms with van der Waals surface area (Å²) in [6.07, 6.45) is 4.47. The fraction of sp³-hybridized carbons (Fsp3) is 0.533. The summed E-state index contributed by atoms with van der Waals surface area (Å²) >= 11 is 0. The fourth-order valence-electron chi connectivity index (χ4n) is 2.92. The van der Waals surface area contributed by atoms with Crippen molar-refractivity contribution in [3.63, 3.8) is 0 Å². The van der Waals surface area contributed by atoms with Crippen LogP contribution in [0.15, 0.2) is 18.2 Å². The number of amides is 1. The molecular formula is C15H21FN2O. The van der Waals surface area contributed by atoms with Crippen LogP contribution >= 0.6 is 0 Å². The first-order valence-electron chi connectivity index (χ1n) is 6.83. The van der Waals surface area contributed by atoms with Gasteiger partial charge in [-0.2, -0.15) is 0 Å². The van der Waals surface area contributed by atoms with E-state index in [-0.39, 0.29) is 17.5 Å². The fourth-order valence-corrected chi connectivity index (χ4v) is 2.92. The Balaban J connectivity index is 2.20. The van der Waals surface area contributed by atoms with Gasteiger partial charge in [0.25, 0.3) is 5.91 Å². The van der Waals surface area contributed by atoms with Crippen LogP contribution in [0.3, 0.4) is 0 Å². The third-order valence-electron chi connectivity index (χ3n) is 4.10. The van der Waals surface area contributed by atoms with Crippen molar-refractivity contribution in [2.24, 2.45) is 5.92 Å². The van der Waals surface area contributed by atoms with Gasteiger partial charge in [-0.25, -0.2) is 4.39 Å². The monoisotopic (exact) mass is 264 g/mol. The Morgan fingerprint density at radius 3 is 2.74 bits per heavy atom. The van der Waals surface area contributed by atoms with E-state index >= 15 is 0 Å². The van der Waals surface area contributed by atoms with Crippen molar-refractivity contribution < 1.29 is 9.18 Å². The Kier molecular flexibility index (Phi) is 4.08. The van der Waals surface area contributed by atoms with Crippen molar-refractivity contribution in [1.29, 1.82) is 0 Å². The van der Waals surface area contributed by atoms with Gasteiger partial charge in [-0.15, -0.1) is 0 Å². The van der Waals surface area contributed by atoms with Crippen LogP contribution in [-0.2, 0) is 0 Å². The maximum absolute atomic E-state index is 13.7. The Hall–Kier alpha value is -1.58. The molecule has 3 nitrogen and oxygen atoms in total. The molecule has 1 aromatic carbocycles. The van der Waals surface area contributed by atoms with Gasteiger partial charge < -0.3 is 10.6 Å². The number of nitrogens with two attached hydrogens (primary N) is 1. The molecule has 0 aliphatic heterocycles. The van der Waals surface area contributed by atoms with E-state index in [1.165, 1.54) is 24.6 Å². The van der Waals surface area contributed by atoms with Gasteiger partial charge >= 0.3 is 0 Å². The van der Waals surface area contributed by atoms with Crippen molar-refractivity contribution in [1.82, 2.24) is 4.90 Å². The molecule has 0 saturated heterocycles. The number of anilines is 1. The van der Waals surface area contributed by atoms with Gasteiger partial charge in [0, 0.05) is 18.8 Å². The molecule has 0 spiro atoms. The lowest BCUT2D eigenvalue weighted by Crippen LogP contribution is -2.42. The summed E-state index contributed by atoms with van der Waals surface area (Å²) in [4.78, 5) is 14.1. The summed E-state index contributed by atoms with van der Waals surface area (Å²) in [6.45, 7) is 2.16. The summed E-state index contributed by atoms with van der Waals surface area (Å²) in [6, 6.07) is 4.33. The normalized spacial score (nSPS) is 23.1. The van der Waals surface area contributed by atoms with Crippen LogP contribution in [-0.4, -0.2) is 23.9 Å². The minimum Gasteiger partial charge on any atom is -0.399 e. The van der Waals surface area contributed by atoms with Crippen molar-refractivity contribution in [3.05, 3.63) is 29.6 Å². The van der Waals surface area contributed by atoms with Crippen LogP contribution in [0.5, 0.6) is 0 Å².